The summed E-state index contributed by atoms with van der Waals surface area (Å²) in [5.41, 5.74) is -0.702. The number of urea groups is 1. The number of carbonyl (C=O) groups excluding carboxylic acids is 1. The lowest BCUT2D eigenvalue weighted by Crippen LogP contribution is -2.44. The van der Waals surface area contributed by atoms with E-state index >= 15 is 0 Å². The van der Waals surface area contributed by atoms with Gasteiger partial charge in [-0.2, -0.15) is 5.26 Å². The first-order chi connectivity index (χ1) is 6.51. The van der Waals surface area contributed by atoms with Gasteiger partial charge in [-0.15, -0.1) is 0 Å². The summed E-state index contributed by atoms with van der Waals surface area (Å²) in [5, 5.41) is 11.8. The Hall–Kier alpha value is -1.24. The monoisotopic (exact) mass is 195 g/mol. The van der Waals surface area contributed by atoms with Crippen LogP contribution in [0.3, 0.4) is 0 Å². The number of rotatable bonds is 3. The van der Waals surface area contributed by atoms with Gasteiger partial charge >= 0.3 is 6.03 Å². The molecule has 0 aromatic heterocycles. The van der Waals surface area contributed by atoms with Crippen molar-refractivity contribution in [3.05, 3.63) is 0 Å². The highest BCUT2D eigenvalue weighted by molar-refractivity contribution is 5.78. The minimum atomic E-state index is -0.702. The smallest absolute Gasteiger partial charge is 0.319 e. The molecule has 1 rings (SSSR count). The lowest BCUT2D eigenvalue weighted by molar-refractivity contribution is 0.186. The van der Waals surface area contributed by atoms with Crippen LogP contribution >= 0.6 is 0 Å². The molecule has 1 aliphatic rings. The van der Waals surface area contributed by atoms with E-state index in [4.69, 9.17) is 5.26 Å². The van der Waals surface area contributed by atoms with E-state index in [0.29, 0.717) is 6.54 Å². The summed E-state index contributed by atoms with van der Waals surface area (Å²) in [6.45, 7) is 6.26. The Balaban J connectivity index is 2.67. The first-order valence-electron chi connectivity index (χ1n) is 5.00. The van der Waals surface area contributed by atoms with Gasteiger partial charge in [-0.25, -0.2) is 4.79 Å². The maximum atomic E-state index is 11.5. The molecular formula is C10H17N3O. The van der Waals surface area contributed by atoms with Crippen molar-refractivity contribution in [2.45, 2.75) is 45.2 Å². The minimum Gasteiger partial charge on any atom is -0.333 e. The molecule has 0 saturated carbocycles. The zero-order chi connectivity index (χ0) is 10.8. The number of nitrogens with one attached hydrogen (secondary N) is 1. The van der Waals surface area contributed by atoms with Crippen LogP contribution in [-0.4, -0.2) is 29.1 Å². The highest BCUT2D eigenvalue weighted by Crippen LogP contribution is 2.19. The van der Waals surface area contributed by atoms with Gasteiger partial charge in [-0.05, 0) is 20.3 Å². The van der Waals surface area contributed by atoms with Crippen molar-refractivity contribution in [1.82, 2.24) is 10.2 Å². The van der Waals surface area contributed by atoms with E-state index in [1.165, 1.54) is 0 Å². The third kappa shape index (κ3) is 1.98. The number of nitrogens with zero attached hydrogens (tertiary/aromatic N) is 2. The van der Waals surface area contributed by atoms with Crippen LogP contribution in [-0.2, 0) is 0 Å². The van der Waals surface area contributed by atoms with E-state index in [0.717, 1.165) is 12.8 Å². The van der Waals surface area contributed by atoms with E-state index in [1.807, 2.05) is 0 Å². The number of nitriles is 1. The summed E-state index contributed by atoms with van der Waals surface area (Å²) in [7, 11) is 0. The fourth-order valence-electron chi connectivity index (χ4n) is 1.66. The highest BCUT2D eigenvalue weighted by atomic mass is 16.2. The van der Waals surface area contributed by atoms with Crippen LogP contribution in [0.25, 0.3) is 0 Å². The zero-order valence-corrected chi connectivity index (χ0v) is 9.00. The highest BCUT2D eigenvalue weighted by Gasteiger charge is 2.38. The predicted molar refractivity (Wildman–Crippen MR) is 53.6 cm³/mol. The van der Waals surface area contributed by atoms with Gasteiger partial charge < -0.3 is 10.2 Å². The van der Waals surface area contributed by atoms with Crippen molar-refractivity contribution >= 4 is 6.03 Å². The van der Waals surface area contributed by atoms with Crippen molar-refractivity contribution in [2.24, 2.45) is 0 Å². The van der Waals surface area contributed by atoms with Gasteiger partial charge in [0.05, 0.1) is 6.07 Å². The van der Waals surface area contributed by atoms with Crippen LogP contribution in [0.15, 0.2) is 0 Å². The van der Waals surface area contributed by atoms with E-state index in [-0.39, 0.29) is 12.1 Å². The summed E-state index contributed by atoms with van der Waals surface area (Å²) in [6, 6.07) is 2.23. The Kier molecular flexibility index (Phi) is 3.00. The van der Waals surface area contributed by atoms with Crippen LogP contribution in [0.4, 0.5) is 4.79 Å². The van der Waals surface area contributed by atoms with Crippen LogP contribution < -0.4 is 5.32 Å². The van der Waals surface area contributed by atoms with Gasteiger partial charge in [0.1, 0.15) is 5.54 Å². The Labute approximate surface area is 84.9 Å². The maximum Gasteiger partial charge on any atom is 0.319 e. The van der Waals surface area contributed by atoms with Crippen molar-refractivity contribution in [2.75, 3.05) is 6.54 Å². The molecule has 0 spiro atoms. The number of hydrogen-bond donors (Lipinski definition) is 1. The summed E-state index contributed by atoms with van der Waals surface area (Å²) in [4.78, 5) is 13.1. The van der Waals surface area contributed by atoms with Crippen LogP contribution in [0.1, 0.15) is 33.6 Å². The molecule has 1 fully saturated rings. The number of carbonyl (C=O) groups is 1. The largest absolute Gasteiger partial charge is 0.333 e. The number of hydrogen-bond acceptors (Lipinski definition) is 2. The molecule has 1 atom stereocenters. The van der Waals surface area contributed by atoms with Crippen LogP contribution in [0, 0.1) is 11.3 Å². The Morgan fingerprint density at radius 3 is 2.86 bits per heavy atom. The second kappa shape index (κ2) is 3.87. The van der Waals surface area contributed by atoms with Crippen LogP contribution in [0.2, 0.25) is 0 Å². The third-order valence-corrected chi connectivity index (χ3v) is 2.56. The fraction of sp³-hybridized carbons (Fsp3) is 0.800. The molecule has 78 valence electrons. The van der Waals surface area contributed by atoms with Crippen molar-refractivity contribution in [3.63, 3.8) is 0 Å². The molecule has 1 N–H and O–H groups in total. The zero-order valence-electron chi connectivity index (χ0n) is 9.00. The molecule has 0 aliphatic carbocycles. The van der Waals surface area contributed by atoms with Gasteiger partial charge in [0.25, 0.3) is 0 Å². The molecule has 0 aromatic carbocycles. The molecule has 0 radical (unpaired) electrons. The molecule has 1 heterocycles. The van der Waals surface area contributed by atoms with Gasteiger partial charge in [-0.1, -0.05) is 13.3 Å². The van der Waals surface area contributed by atoms with Gasteiger partial charge in [0.2, 0.25) is 0 Å². The van der Waals surface area contributed by atoms with E-state index in [2.05, 4.69) is 18.3 Å². The van der Waals surface area contributed by atoms with Gasteiger partial charge in [0, 0.05) is 12.6 Å². The van der Waals surface area contributed by atoms with Crippen LogP contribution in [0.5, 0.6) is 0 Å². The molecular weight excluding hydrogens is 178 g/mol. The average molecular weight is 195 g/mol. The minimum absolute atomic E-state index is 0.116. The maximum absolute atomic E-state index is 11.5. The second-order valence-corrected chi connectivity index (χ2v) is 4.22. The van der Waals surface area contributed by atoms with Crippen molar-refractivity contribution in [1.29, 1.82) is 5.26 Å². The molecule has 14 heavy (non-hydrogen) atoms. The SMILES string of the molecule is CCCC1CN(C(C)(C)C#N)C(=O)N1. The van der Waals surface area contributed by atoms with E-state index in [9.17, 15) is 4.79 Å². The molecule has 1 unspecified atom stereocenters. The normalized spacial score (nSPS) is 22.0. The summed E-state index contributed by atoms with van der Waals surface area (Å²) >= 11 is 0. The lowest BCUT2D eigenvalue weighted by Gasteiger charge is -2.27. The molecule has 1 saturated heterocycles. The van der Waals surface area contributed by atoms with Crippen molar-refractivity contribution in [3.8, 4) is 6.07 Å². The molecule has 4 heteroatoms. The predicted octanol–water partition coefficient (Wildman–Crippen LogP) is 1.48. The first kappa shape index (κ1) is 10.8. The molecule has 0 aromatic rings. The summed E-state index contributed by atoms with van der Waals surface area (Å²) < 4.78 is 0. The average Bonchev–Trinajstić information content (AvgIpc) is 2.48. The van der Waals surface area contributed by atoms with E-state index in [1.54, 1.807) is 18.7 Å². The molecule has 1 aliphatic heterocycles. The number of amides is 2. The molecule has 2 amide bonds. The summed E-state index contributed by atoms with van der Waals surface area (Å²) in [6.07, 6.45) is 2.02. The topological polar surface area (TPSA) is 56.1 Å². The van der Waals surface area contributed by atoms with Gasteiger partial charge in [-0.3, -0.25) is 0 Å². The van der Waals surface area contributed by atoms with Gasteiger partial charge in [0.15, 0.2) is 0 Å². The lowest BCUT2D eigenvalue weighted by atomic mass is 10.1. The second-order valence-electron chi connectivity index (χ2n) is 4.22. The summed E-state index contributed by atoms with van der Waals surface area (Å²) in [5.74, 6) is 0. The quantitative estimate of drug-likeness (QED) is 0.741. The van der Waals surface area contributed by atoms with Crippen molar-refractivity contribution < 1.29 is 4.79 Å². The Morgan fingerprint density at radius 2 is 2.36 bits per heavy atom. The fourth-order valence-corrected chi connectivity index (χ4v) is 1.66. The standard InChI is InChI=1S/C10H17N3O/c1-4-5-8-6-13(9(14)12-8)10(2,3)7-11/h8H,4-6H2,1-3H3,(H,12,14). The first-order valence-corrected chi connectivity index (χ1v) is 5.00. The third-order valence-electron chi connectivity index (χ3n) is 2.56. The molecule has 0 bridgehead atoms. The Morgan fingerprint density at radius 1 is 1.71 bits per heavy atom. The van der Waals surface area contributed by atoms with E-state index < -0.39 is 5.54 Å². The molecule has 4 nitrogen and oxygen atoms in total. The Bertz CT molecular complexity index is 267.